The third-order valence-corrected chi connectivity index (χ3v) is 3.53. The second-order valence-electron chi connectivity index (χ2n) is 5.46. The molecule has 0 atom stereocenters. The fourth-order valence-corrected chi connectivity index (χ4v) is 2.58. The number of fused-ring (bicyclic) bond motifs is 1. The van der Waals surface area contributed by atoms with Gasteiger partial charge in [-0.25, -0.2) is 9.67 Å². The van der Waals surface area contributed by atoms with Gasteiger partial charge >= 0.3 is 0 Å². The van der Waals surface area contributed by atoms with Gasteiger partial charge in [0.25, 0.3) is 0 Å². The van der Waals surface area contributed by atoms with Crippen LogP contribution in [0.15, 0.2) is 18.2 Å². The Hall–Kier alpha value is -1.84. The first-order valence-corrected chi connectivity index (χ1v) is 6.96. The van der Waals surface area contributed by atoms with Crippen LogP contribution in [0.2, 0.25) is 0 Å². The summed E-state index contributed by atoms with van der Waals surface area (Å²) in [6.45, 7) is 7.30. The molecule has 19 heavy (non-hydrogen) atoms. The molecule has 1 aliphatic heterocycles. The Morgan fingerprint density at radius 3 is 2.95 bits per heavy atom. The van der Waals surface area contributed by atoms with Gasteiger partial charge in [-0.05, 0) is 37.5 Å². The summed E-state index contributed by atoms with van der Waals surface area (Å²) in [6.07, 6.45) is 2.38. The van der Waals surface area contributed by atoms with Crippen molar-refractivity contribution in [2.45, 2.75) is 39.5 Å². The third kappa shape index (κ3) is 2.23. The summed E-state index contributed by atoms with van der Waals surface area (Å²) in [5.41, 5.74) is 3.74. The Kier molecular flexibility index (Phi) is 3.01. The maximum atomic E-state index is 4.53. The van der Waals surface area contributed by atoms with E-state index >= 15 is 0 Å². The fraction of sp³-hybridized carbons (Fsp3) is 0.467. The Balaban J connectivity index is 2.07. The van der Waals surface area contributed by atoms with Gasteiger partial charge in [0.15, 0.2) is 0 Å². The molecule has 0 unspecified atom stereocenters. The zero-order valence-corrected chi connectivity index (χ0v) is 11.8. The van der Waals surface area contributed by atoms with Crippen molar-refractivity contribution in [2.75, 3.05) is 11.9 Å². The number of hydrogen-bond donors (Lipinski definition) is 1. The molecule has 0 fully saturated rings. The van der Waals surface area contributed by atoms with Crippen molar-refractivity contribution >= 4 is 5.69 Å². The molecule has 0 spiro atoms. The lowest BCUT2D eigenvalue weighted by atomic mass is 10.0. The van der Waals surface area contributed by atoms with Gasteiger partial charge in [0.1, 0.15) is 11.6 Å². The molecule has 0 amide bonds. The van der Waals surface area contributed by atoms with Gasteiger partial charge in [0.05, 0.1) is 5.69 Å². The van der Waals surface area contributed by atoms with Crippen LogP contribution in [0.4, 0.5) is 5.69 Å². The van der Waals surface area contributed by atoms with Crippen molar-refractivity contribution in [1.82, 2.24) is 14.8 Å². The predicted molar refractivity (Wildman–Crippen MR) is 77.0 cm³/mol. The van der Waals surface area contributed by atoms with Crippen molar-refractivity contribution in [2.24, 2.45) is 0 Å². The molecule has 1 aliphatic rings. The minimum absolute atomic E-state index is 0.366. The van der Waals surface area contributed by atoms with E-state index in [9.17, 15) is 0 Å². The van der Waals surface area contributed by atoms with Crippen molar-refractivity contribution in [3.63, 3.8) is 0 Å². The Morgan fingerprint density at radius 1 is 1.32 bits per heavy atom. The number of nitrogens with zero attached hydrogens (tertiary/aromatic N) is 3. The molecule has 3 rings (SSSR count). The van der Waals surface area contributed by atoms with E-state index in [1.807, 2.05) is 11.6 Å². The van der Waals surface area contributed by atoms with Crippen molar-refractivity contribution in [1.29, 1.82) is 0 Å². The molecule has 1 N–H and O–H groups in total. The smallest absolute Gasteiger partial charge is 0.148 e. The maximum Gasteiger partial charge on any atom is 0.148 e. The Morgan fingerprint density at radius 2 is 2.16 bits per heavy atom. The van der Waals surface area contributed by atoms with E-state index in [2.05, 4.69) is 47.4 Å². The fourth-order valence-electron chi connectivity index (χ4n) is 2.58. The normalized spacial score (nSPS) is 14.3. The van der Waals surface area contributed by atoms with E-state index in [1.54, 1.807) is 0 Å². The summed E-state index contributed by atoms with van der Waals surface area (Å²) in [6, 6.07) is 6.54. The lowest BCUT2D eigenvalue weighted by Crippen LogP contribution is -2.13. The average molecular weight is 256 g/mol. The van der Waals surface area contributed by atoms with Gasteiger partial charge in [-0.3, -0.25) is 0 Å². The summed E-state index contributed by atoms with van der Waals surface area (Å²) in [5, 5.41) is 8.00. The highest BCUT2D eigenvalue weighted by molar-refractivity contribution is 5.58. The van der Waals surface area contributed by atoms with Gasteiger partial charge in [0, 0.05) is 18.2 Å². The lowest BCUT2D eigenvalue weighted by Gasteiger charge is -2.19. The standard InChI is InChI=1S/C15H20N4/c1-10(2)15-17-11(3)18-19(15)13-7-6-12-5-4-8-16-14(12)9-13/h6-7,9-10,16H,4-5,8H2,1-3H3. The molecule has 0 saturated carbocycles. The van der Waals surface area contributed by atoms with E-state index in [4.69, 9.17) is 0 Å². The second-order valence-corrected chi connectivity index (χ2v) is 5.46. The number of aryl methyl sites for hydroxylation is 2. The van der Waals surface area contributed by atoms with Crippen LogP contribution in [0.5, 0.6) is 0 Å². The highest BCUT2D eigenvalue weighted by Crippen LogP contribution is 2.26. The largest absolute Gasteiger partial charge is 0.385 e. The highest BCUT2D eigenvalue weighted by atomic mass is 15.4. The molecule has 0 saturated heterocycles. The number of rotatable bonds is 2. The van der Waals surface area contributed by atoms with E-state index < -0.39 is 0 Å². The van der Waals surface area contributed by atoms with Crippen molar-refractivity contribution < 1.29 is 0 Å². The molecular formula is C15H20N4. The maximum absolute atomic E-state index is 4.53. The molecule has 0 aliphatic carbocycles. The molecule has 0 bridgehead atoms. The van der Waals surface area contributed by atoms with Gasteiger partial charge in [-0.2, -0.15) is 5.10 Å². The van der Waals surface area contributed by atoms with Gasteiger partial charge < -0.3 is 5.32 Å². The lowest BCUT2D eigenvalue weighted by molar-refractivity contribution is 0.712. The molecule has 1 aromatic heterocycles. The first-order valence-electron chi connectivity index (χ1n) is 6.96. The summed E-state index contributed by atoms with van der Waals surface area (Å²) < 4.78 is 1.97. The van der Waals surface area contributed by atoms with Crippen LogP contribution in [-0.4, -0.2) is 21.3 Å². The van der Waals surface area contributed by atoms with Crippen molar-refractivity contribution in [3.05, 3.63) is 35.4 Å². The Bertz CT molecular complexity index is 598. The number of nitrogens with one attached hydrogen (secondary N) is 1. The zero-order valence-electron chi connectivity index (χ0n) is 11.8. The quantitative estimate of drug-likeness (QED) is 0.898. The molecular weight excluding hydrogens is 236 g/mol. The van der Waals surface area contributed by atoms with Crippen LogP contribution < -0.4 is 5.32 Å². The Labute approximate surface area is 113 Å². The number of aromatic nitrogens is 3. The summed E-state index contributed by atoms with van der Waals surface area (Å²) in [7, 11) is 0. The molecule has 1 aromatic carbocycles. The SMILES string of the molecule is Cc1nc(C(C)C)n(-c2ccc3c(c2)NCCC3)n1. The summed E-state index contributed by atoms with van der Waals surface area (Å²) >= 11 is 0. The number of anilines is 1. The molecule has 2 heterocycles. The van der Waals surface area contributed by atoms with Crippen LogP contribution in [0.1, 0.15) is 43.4 Å². The third-order valence-electron chi connectivity index (χ3n) is 3.53. The van der Waals surface area contributed by atoms with Crippen molar-refractivity contribution in [3.8, 4) is 5.69 Å². The molecule has 0 radical (unpaired) electrons. The second kappa shape index (κ2) is 4.68. The summed E-state index contributed by atoms with van der Waals surface area (Å²) in [4.78, 5) is 4.53. The monoisotopic (exact) mass is 256 g/mol. The van der Waals surface area contributed by atoms with E-state index in [-0.39, 0.29) is 0 Å². The molecule has 100 valence electrons. The number of benzene rings is 1. The highest BCUT2D eigenvalue weighted by Gasteiger charge is 2.15. The van der Waals surface area contributed by atoms with Crippen LogP contribution in [0, 0.1) is 6.92 Å². The topological polar surface area (TPSA) is 42.7 Å². The van der Waals surface area contributed by atoms with E-state index in [1.165, 1.54) is 17.7 Å². The van der Waals surface area contributed by atoms with E-state index in [0.717, 1.165) is 30.3 Å². The molecule has 2 aromatic rings. The van der Waals surface area contributed by atoms with E-state index in [0.29, 0.717) is 5.92 Å². The van der Waals surface area contributed by atoms with Crippen LogP contribution >= 0.6 is 0 Å². The van der Waals surface area contributed by atoms with Gasteiger partial charge in [-0.1, -0.05) is 19.9 Å². The zero-order chi connectivity index (χ0) is 13.4. The minimum Gasteiger partial charge on any atom is -0.385 e. The van der Waals surface area contributed by atoms with Gasteiger partial charge in [-0.15, -0.1) is 0 Å². The van der Waals surface area contributed by atoms with Gasteiger partial charge in [0.2, 0.25) is 0 Å². The molecule has 4 heteroatoms. The predicted octanol–water partition coefficient (Wildman–Crippen LogP) is 3.06. The average Bonchev–Trinajstić information content (AvgIpc) is 2.80. The molecule has 4 nitrogen and oxygen atoms in total. The van der Waals surface area contributed by atoms with Crippen LogP contribution in [-0.2, 0) is 6.42 Å². The first kappa shape index (κ1) is 12.2. The van der Waals surface area contributed by atoms with Crippen LogP contribution in [0.3, 0.4) is 0 Å². The minimum atomic E-state index is 0.366. The summed E-state index contributed by atoms with van der Waals surface area (Å²) in [5.74, 6) is 2.22. The van der Waals surface area contributed by atoms with Crippen LogP contribution in [0.25, 0.3) is 5.69 Å². The first-order chi connectivity index (χ1) is 9.15. The number of hydrogen-bond acceptors (Lipinski definition) is 3.